The van der Waals surface area contributed by atoms with Crippen molar-refractivity contribution in [3.8, 4) is 34.5 Å². The number of hydrogen-bond donors (Lipinski definition) is 6. The number of benzene rings is 3. The van der Waals surface area contributed by atoms with Crippen LogP contribution in [-0.4, -0.2) is 75.3 Å². The van der Waals surface area contributed by atoms with Crippen LogP contribution in [-0.2, 0) is 23.5 Å². The molecule has 0 fully saturated rings. The Bertz CT molecular complexity index is 1960. The van der Waals surface area contributed by atoms with Crippen molar-refractivity contribution in [2.75, 3.05) is 21.3 Å². The number of methoxy groups -OCH3 is 2. The summed E-state index contributed by atoms with van der Waals surface area (Å²) in [5.74, 6) is -2.55. The van der Waals surface area contributed by atoms with Gasteiger partial charge in [0.1, 0.15) is 41.0 Å². The van der Waals surface area contributed by atoms with Crippen LogP contribution >= 0.6 is 0 Å². The van der Waals surface area contributed by atoms with Gasteiger partial charge in [-0.3, -0.25) is 14.4 Å². The summed E-state index contributed by atoms with van der Waals surface area (Å²) in [5.41, 5.74) is 0.0975. The Balaban J connectivity index is 2.05. The summed E-state index contributed by atoms with van der Waals surface area (Å²) >= 11 is 0. The van der Waals surface area contributed by atoms with Crippen molar-refractivity contribution in [3.05, 3.63) is 70.8 Å². The maximum Gasteiger partial charge on any atom is 0.408 e. The fourth-order valence-electron chi connectivity index (χ4n) is 5.72. The van der Waals surface area contributed by atoms with Crippen molar-refractivity contribution < 1.29 is 52.8 Å². The largest absolute Gasteiger partial charge is 0.508 e. The zero-order chi connectivity index (χ0) is 41.9. The van der Waals surface area contributed by atoms with Crippen molar-refractivity contribution in [2.45, 2.75) is 96.4 Å². The van der Waals surface area contributed by atoms with E-state index in [4.69, 9.17) is 23.4 Å². The predicted octanol–water partition coefficient (Wildman–Crippen LogP) is 5.95. The number of phenols is 2. The van der Waals surface area contributed by atoms with E-state index >= 15 is 0 Å². The van der Waals surface area contributed by atoms with Gasteiger partial charge in [-0.25, -0.2) is 4.79 Å². The van der Waals surface area contributed by atoms with Gasteiger partial charge in [-0.1, -0.05) is 32.9 Å². The second kappa shape index (κ2) is 16.7. The molecule has 0 saturated carbocycles. The van der Waals surface area contributed by atoms with Crippen LogP contribution < -0.4 is 35.5 Å². The normalized spacial score (nSPS) is 19.2. The van der Waals surface area contributed by atoms with Gasteiger partial charge in [0.25, 0.3) is 0 Å². The standard InChI is InChI=1S/C40H54N4O11Si/c1-21-26(45)17-23(19-28(21)51-9)31-36(48)42-30(35(47)41-8)24-18-27(46)34(52-10)29(20-24)53-25-15-13-22(14-16-25)33(55-56(11,12)40(5,6)7)32(37(49)43-31)44-38(50)54-39(2,3)4/h13-20,30-33,45-46H,1-12H3,(H,41,47)(H,42,48)(H,43,49)(H,44,50)/t30-,31+,32-,33-/m1/s1. The van der Waals surface area contributed by atoms with Crippen LogP contribution in [0.25, 0.3) is 0 Å². The SMILES string of the molecule is CNC(=O)[C@@H]1NC(=O)[C@H](c2cc(O)c(C)c(OC)c2)NC(=O)[C@H](NC(=O)OC(C)(C)C)[C@H](O[Si](C)(C)C(C)(C)C)c2ccc(cc2)Oc2cc1cc(O)c2OC. The number of likely N-dealkylation sites (N-methyl/N-ethyl adjacent to an activating group) is 1. The van der Waals surface area contributed by atoms with Gasteiger partial charge in [0.05, 0.1) is 20.3 Å². The molecule has 16 heteroatoms. The number of hydrogen-bond acceptors (Lipinski definition) is 11. The van der Waals surface area contributed by atoms with E-state index in [0.717, 1.165) is 0 Å². The highest BCUT2D eigenvalue weighted by molar-refractivity contribution is 6.74. The Hall–Kier alpha value is -5.48. The van der Waals surface area contributed by atoms with Crippen molar-refractivity contribution in [1.29, 1.82) is 0 Å². The van der Waals surface area contributed by atoms with Crippen LogP contribution in [0.4, 0.5) is 4.79 Å². The molecular weight excluding hydrogens is 741 g/mol. The molecule has 2 aliphatic rings. The van der Waals surface area contributed by atoms with E-state index in [1.807, 2.05) is 33.9 Å². The molecule has 3 aromatic rings. The van der Waals surface area contributed by atoms with Crippen LogP contribution in [0.1, 0.15) is 82.0 Å². The second-order valence-electron chi connectivity index (χ2n) is 16.0. The molecule has 2 aliphatic heterocycles. The first-order valence-corrected chi connectivity index (χ1v) is 21.0. The highest BCUT2D eigenvalue weighted by Crippen LogP contribution is 2.44. The van der Waals surface area contributed by atoms with Gasteiger partial charge in [0, 0.05) is 12.6 Å². The maximum atomic E-state index is 14.9. The molecule has 0 unspecified atom stereocenters. The van der Waals surface area contributed by atoms with Gasteiger partial charge < -0.3 is 54.9 Å². The van der Waals surface area contributed by atoms with E-state index in [1.165, 1.54) is 45.5 Å². The van der Waals surface area contributed by atoms with E-state index in [0.29, 0.717) is 11.1 Å². The maximum absolute atomic E-state index is 14.9. The molecule has 56 heavy (non-hydrogen) atoms. The third kappa shape index (κ3) is 9.84. The van der Waals surface area contributed by atoms with E-state index < -0.39 is 62.0 Å². The first kappa shape index (κ1) is 43.2. The number of phenolic OH excluding ortho intramolecular Hbond substituents is 2. The molecule has 0 aliphatic carbocycles. The zero-order valence-corrected chi connectivity index (χ0v) is 35.0. The average molecular weight is 795 g/mol. The van der Waals surface area contributed by atoms with E-state index in [-0.39, 0.29) is 50.7 Å². The number of fused-ring (bicyclic) bond motifs is 9. The predicted molar refractivity (Wildman–Crippen MR) is 211 cm³/mol. The van der Waals surface area contributed by atoms with Crippen LogP contribution in [0, 0.1) is 6.92 Å². The minimum Gasteiger partial charge on any atom is -0.508 e. The Morgan fingerprint density at radius 2 is 1.46 bits per heavy atom. The minimum atomic E-state index is -2.75. The third-order valence-corrected chi connectivity index (χ3v) is 14.2. The average Bonchev–Trinajstić information content (AvgIpc) is 3.10. The number of rotatable bonds is 7. The molecule has 0 spiro atoms. The van der Waals surface area contributed by atoms with Crippen LogP contribution in [0.5, 0.6) is 34.5 Å². The lowest BCUT2D eigenvalue weighted by Crippen LogP contribution is -2.56. The molecule has 0 radical (unpaired) electrons. The smallest absolute Gasteiger partial charge is 0.408 e. The van der Waals surface area contributed by atoms with Crippen LogP contribution in [0.3, 0.4) is 0 Å². The second-order valence-corrected chi connectivity index (χ2v) is 20.8. The van der Waals surface area contributed by atoms with Gasteiger partial charge in [-0.15, -0.1) is 0 Å². The van der Waals surface area contributed by atoms with Gasteiger partial charge in [0.15, 0.2) is 19.8 Å². The molecule has 6 N–H and O–H groups in total. The Labute approximate surface area is 328 Å². The first-order valence-electron chi connectivity index (χ1n) is 18.1. The van der Waals surface area contributed by atoms with Gasteiger partial charge in [0.2, 0.25) is 23.5 Å². The van der Waals surface area contributed by atoms with Crippen LogP contribution in [0.15, 0.2) is 48.5 Å². The summed E-state index contributed by atoms with van der Waals surface area (Å²) in [6.45, 7) is 16.7. The van der Waals surface area contributed by atoms with Gasteiger partial charge in [-0.2, -0.15) is 0 Å². The van der Waals surface area contributed by atoms with E-state index in [2.05, 4.69) is 21.3 Å². The summed E-state index contributed by atoms with van der Waals surface area (Å²) in [6, 6.07) is 7.47. The van der Waals surface area contributed by atoms with Crippen molar-refractivity contribution in [1.82, 2.24) is 21.3 Å². The highest BCUT2D eigenvalue weighted by atomic mass is 28.4. The molecule has 3 aromatic carbocycles. The topological polar surface area (TPSA) is 203 Å². The number of aromatic hydroxyl groups is 2. The lowest BCUT2D eigenvalue weighted by atomic mass is 9.98. The number of carbonyl (C=O) groups is 4. The minimum absolute atomic E-state index is 0.0297. The molecule has 4 bridgehead atoms. The fourth-order valence-corrected chi connectivity index (χ4v) is 6.98. The molecule has 0 saturated heterocycles. The molecular formula is C40H54N4O11Si. The molecule has 4 amide bonds. The molecule has 2 heterocycles. The first-order chi connectivity index (χ1) is 26.0. The lowest BCUT2D eigenvalue weighted by Gasteiger charge is -2.41. The zero-order valence-electron chi connectivity index (χ0n) is 34.0. The number of nitrogens with one attached hydrogen (secondary N) is 4. The van der Waals surface area contributed by atoms with Crippen molar-refractivity contribution >= 4 is 32.1 Å². The van der Waals surface area contributed by atoms with Crippen molar-refractivity contribution in [2.24, 2.45) is 0 Å². The fraction of sp³-hybridized carbons (Fsp3) is 0.450. The van der Waals surface area contributed by atoms with E-state index in [9.17, 15) is 29.4 Å². The number of alkyl carbamates (subject to hydrolysis) is 1. The summed E-state index contributed by atoms with van der Waals surface area (Å²) in [4.78, 5) is 56.4. The Morgan fingerprint density at radius 3 is 2.02 bits per heavy atom. The van der Waals surface area contributed by atoms with Gasteiger partial charge in [-0.05, 0) is 98.9 Å². The summed E-state index contributed by atoms with van der Waals surface area (Å²) in [7, 11) is 1.35. The third-order valence-electron chi connectivity index (χ3n) is 9.77. The van der Waals surface area contributed by atoms with E-state index in [1.54, 1.807) is 52.0 Å². The number of ether oxygens (including phenoxy) is 4. The summed E-state index contributed by atoms with van der Waals surface area (Å²) in [5, 5.41) is 32.3. The van der Waals surface area contributed by atoms with Crippen molar-refractivity contribution in [3.63, 3.8) is 0 Å². The number of carbonyl (C=O) groups excluding carboxylic acids is 4. The summed E-state index contributed by atoms with van der Waals surface area (Å²) < 4.78 is 29.7. The quantitative estimate of drug-likeness (QED) is 0.154. The Morgan fingerprint density at radius 1 is 0.839 bits per heavy atom. The molecule has 0 aromatic heterocycles. The van der Waals surface area contributed by atoms with Crippen LogP contribution in [0.2, 0.25) is 18.1 Å². The molecule has 304 valence electrons. The molecule has 5 rings (SSSR count). The lowest BCUT2D eigenvalue weighted by molar-refractivity contribution is -0.133. The monoisotopic (exact) mass is 794 g/mol. The van der Waals surface area contributed by atoms with Gasteiger partial charge >= 0.3 is 6.09 Å². The molecule has 4 atom stereocenters. The highest BCUT2D eigenvalue weighted by Gasteiger charge is 2.44. The Kier molecular flexibility index (Phi) is 12.9. The molecule has 15 nitrogen and oxygen atoms in total. The number of amides is 4. The summed E-state index contributed by atoms with van der Waals surface area (Å²) in [6.07, 6.45) is -2.06.